The van der Waals surface area contributed by atoms with Gasteiger partial charge in [0, 0.05) is 32.2 Å². The molecule has 0 aliphatic carbocycles. The summed E-state index contributed by atoms with van der Waals surface area (Å²) in [5, 5.41) is 6.70. The standard InChI is InChI=1S/C15H28N4/c16-9-11-19-13-15(17)8-4-5-10-18-12-14-6-2-1-3-7-14/h1-3,6-7,15,18-19H,4-5,8-13,16-17H2. The summed E-state index contributed by atoms with van der Waals surface area (Å²) in [7, 11) is 0. The minimum absolute atomic E-state index is 0.251. The van der Waals surface area contributed by atoms with Gasteiger partial charge in [-0.2, -0.15) is 0 Å². The monoisotopic (exact) mass is 264 g/mol. The van der Waals surface area contributed by atoms with Crippen molar-refractivity contribution in [2.75, 3.05) is 26.2 Å². The van der Waals surface area contributed by atoms with Crippen LogP contribution in [0.15, 0.2) is 30.3 Å². The smallest absolute Gasteiger partial charge is 0.0205 e. The average molecular weight is 264 g/mol. The van der Waals surface area contributed by atoms with E-state index in [-0.39, 0.29) is 6.04 Å². The molecule has 0 heterocycles. The Kier molecular flexibility index (Phi) is 9.27. The molecule has 4 heteroatoms. The molecule has 108 valence electrons. The minimum atomic E-state index is 0.251. The van der Waals surface area contributed by atoms with Crippen LogP contribution in [0.4, 0.5) is 0 Å². The predicted octanol–water partition coefficient (Wildman–Crippen LogP) is 0.822. The quantitative estimate of drug-likeness (QED) is 0.446. The second kappa shape index (κ2) is 10.9. The lowest BCUT2D eigenvalue weighted by Gasteiger charge is -2.12. The summed E-state index contributed by atoms with van der Waals surface area (Å²) >= 11 is 0. The van der Waals surface area contributed by atoms with Gasteiger partial charge in [0.05, 0.1) is 0 Å². The van der Waals surface area contributed by atoms with Crippen LogP contribution in [0, 0.1) is 0 Å². The lowest BCUT2D eigenvalue weighted by molar-refractivity contribution is 0.510. The van der Waals surface area contributed by atoms with Crippen molar-refractivity contribution in [2.24, 2.45) is 11.5 Å². The molecular weight excluding hydrogens is 236 g/mol. The van der Waals surface area contributed by atoms with Gasteiger partial charge in [0.2, 0.25) is 0 Å². The zero-order valence-corrected chi connectivity index (χ0v) is 11.8. The molecule has 0 bridgehead atoms. The van der Waals surface area contributed by atoms with Gasteiger partial charge in [-0.05, 0) is 24.9 Å². The molecule has 0 saturated heterocycles. The Hall–Kier alpha value is -0.940. The fourth-order valence-corrected chi connectivity index (χ4v) is 1.98. The largest absolute Gasteiger partial charge is 0.329 e. The Morgan fingerprint density at radius 2 is 1.79 bits per heavy atom. The molecule has 0 amide bonds. The second-order valence-corrected chi connectivity index (χ2v) is 4.91. The summed E-state index contributed by atoms with van der Waals surface area (Å²) in [5.74, 6) is 0. The molecule has 19 heavy (non-hydrogen) atoms. The first-order valence-corrected chi connectivity index (χ1v) is 7.24. The molecule has 4 nitrogen and oxygen atoms in total. The first-order valence-electron chi connectivity index (χ1n) is 7.24. The molecule has 0 radical (unpaired) electrons. The van der Waals surface area contributed by atoms with E-state index in [2.05, 4.69) is 34.9 Å². The van der Waals surface area contributed by atoms with Crippen molar-refractivity contribution in [3.8, 4) is 0 Å². The highest BCUT2D eigenvalue weighted by atomic mass is 14.9. The first-order chi connectivity index (χ1) is 9.33. The third-order valence-corrected chi connectivity index (χ3v) is 3.08. The molecule has 1 rings (SSSR count). The third kappa shape index (κ3) is 8.72. The van der Waals surface area contributed by atoms with Crippen LogP contribution >= 0.6 is 0 Å². The Labute approximate surface area is 116 Å². The lowest BCUT2D eigenvalue weighted by atomic mass is 10.1. The molecule has 1 unspecified atom stereocenters. The van der Waals surface area contributed by atoms with Gasteiger partial charge >= 0.3 is 0 Å². The zero-order chi connectivity index (χ0) is 13.8. The molecule has 0 aliphatic rings. The molecule has 1 atom stereocenters. The van der Waals surface area contributed by atoms with Crippen LogP contribution in [0.25, 0.3) is 0 Å². The van der Waals surface area contributed by atoms with Crippen LogP contribution in [0.1, 0.15) is 24.8 Å². The normalized spacial score (nSPS) is 12.5. The topological polar surface area (TPSA) is 76.1 Å². The SMILES string of the molecule is NCCNCC(N)CCCCNCc1ccccc1. The van der Waals surface area contributed by atoms with Crippen LogP contribution in [0.2, 0.25) is 0 Å². The highest BCUT2D eigenvalue weighted by Gasteiger charge is 2.01. The van der Waals surface area contributed by atoms with E-state index in [1.54, 1.807) is 0 Å². The highest BCUT2D eigenvalue weighted by molar-refractivity contribution is 5.14. The second-order valence-electron chi connectivity index (χ2n) is 4.91. The molecule has 1 aromatic rings. The number of hydrogen-bond acceptors (Lipinski definition) is 4. The van der Waals surface area contributed by atoms with Gasteiger partial charge < -0.3 is 22.1 Å². The molecular formula is C15H28N4. The van der Waals surface area contributed by atoms with Crippen LogP contribution in [-0.2, 0) is 6.54 Å². The van der Waals surface area contributed by atoms with E-state index < -0.39 is 0 Å². The van der Waals surface area contributed by atoms with Gasteiger partial charge in [0.15, 0.2) is 0 Å². The highest BCUT2D eigenvalue weighted by Crippen LogP contribution is 1.99. The Morgan fingerprint density at radius 1 is 1.00 bits per heavy atom. The number of hydrogen-bond donors (Lipinski definition) is 4. The van der Waals surface area contributed by atoms with E-state index in [9.17, 15) is 0 Å². The summed E-state index contributed by atoms with van der Waals surface area (Å²) in [6.45, 7) is 4.40. The van der Waals surface area contributed by atoms with Gasteiger partial charge in [-0.15, -0.1) is 0 Å². The Balaban J connectivity index is 1.91. The van der Waals surface area contributed by atoms with E-state index in [4.69, 9.17) is 11.5 Å². The van der Waals surface area contributed by atoms with Gasteiger partial charge in [0.25, 0.3) is 0 Å². The average Bonchev–Trinajstić information content (AvgIpc) is 2.44. The minimum Gasteiger partial charge on any atom is -0.329 e. The van der Waals surface area contributed by atoms with E-state index in [0.29, 0.717) is 6.54 Å². The van der Waals surface area contributed by atoms with Crippen LogP contribution in [0.5, 0.6) is 0 Å². The third-order valence-electron chi connectivity index (χ3n) is 3.08. The summed E-state index contributed by atoms with van der Waals surface area (Å²) in [6, 6.07) is 10.7. The zero-order valence-electron chi connectivity index (χ0n) is 11.8. The fraction of sp³-hybridized carbons (Fsp3) is 0.600. The summed E-state index contributed by atoms with van der Waals surface area (Å²) in [6.07, 6.45) is 3.43. The van der Waals surface area contributed by atoms with Gasteiger partial charge in [0.1, 0.15) is 0 Å². The van der Waals surface area contributed by atoms with Crippen LogP contribution < -0.4 is 22.1 Å². The molecule has 0 saturated carbocycles. The molecule has 1 aromatic carbocycles. The lowest BCUT2D eigenvalue weighted by Crippen LogP contribution is -2.36. The van der Waals surface area contributed by atoms with Crippen molar-refractivity contribution in [3.05, 3.63) is 35.9 Å². The Morgan fingerprint density at radius 3 is 2.53 bits per heavy atom. The van der Waals surface area contributed by atoms with Gasteiger partial charge in [-0.1, -0.05) is 36.8 Å². The van der Waals surface area contributed by atoms with Crippen molar-refractivity contribution in [3.63, 3.8) is 0 Å². The predicted molar refractivity (Wildman–Crippen MR) is 81.9 cm³/mol. The summed E-state index contributed by atoms with van der Waals surface area (Å²) in [4.78, 5) is 0. The number of benzene rings is 1. The van der Waals surface area contributed by atoms with Crippen molar-refractivity contribution in [1.29, 1.82) is 0 Å². The van der Waals surface area contributed by atoms with E-state index in [1.807, 2.05) is 6.07 Å². The maximum atomic E-state index is 6.00. The van der Waals surface area contributed by atoms with Crippen LogP contribution in [0.3, 0.4) is 0 Å². The van der Waals surface area contributed by atoms with Crippen molar-refractivity contribution in [1.82, 2.24) is 10.6 Å². The van der Waals surface area contributed by atoms with Gasteiger partial charge in [-0.25, -0.2) is 0 Å². The van der Waals surface area contributed by atoms with Crippen molar-refractivity contribution in [2.45, 2.75) is 31.8 Å². The maximum absolute atomic E-state index is 6.00. The molecule has 0 aliphatic heterocycles. The van der Waals surface area contributed by atoms with E-state index in [1.165, 1.54) is 18.4 Å². The van der Waals surface area contributed by atoms with Gasteiger partial charge in [-0.3, -0.25) is 0 Å². The van der Waals surface area contributed by atoms with E-state index >= 15 is 0 Å². The summed E-state index contributed by atoms with van der Waals surface area (Å²) in [5.41, 5.74) is 12.7. The van der Waals surface area contributed by atoms with Crippen molar-refractivity contribution >= 4 is 0 Å². The van der Waals surface area contributed by atoms with Crippen molar-refractivity contribution < 1.29 is 0 Å². The molecule has 0 spiro atoms. The number of nitrogens with one attached hydrogen (secondary N) is 2. The van der Waals surface area contributed by atoms with E-state index in [0.717, 1.165) is 32.6 Å². The molecule has 6 N–H and O–H groups in total. The summed E-state index contributed by atoms with van der Waals surface area (Å²) < 4.78 is 0. The molecule has 0 fully saturated rings. The fourth-order valence-electron chi connectivity index (χ4n) is 1.98. The number of nitrogens with two attached hydrogens (primary N) is 2. The Bertz CT molecular complexity index is 302. The number of unbranched alkanes of at least 4 members (excludes halogenated alkanes) is 1. The molecule has 0 aromatic heterocycles. The first kappa shape index (κ1) is 16.1. The van der Waals surface area contributed by atoms with Crippen LogP contribution in [-0.4, -0.2) is 32.2 Å². The maximum Gasteiger partial charge on any atom is 0.0205 e. The number of rotatable bonds is 11.